The molecule has 0 fully saturated rings. The molecule has 0 saturated carbocycles. The van der Waals surface area contributed by atoms with E-state index in [2.05, 4.69) is 0 Å². The van der Waals surface area contributed by atoms with Crippen molar-refractivity contribution in [1.82, 2.24) is 0 Å². The van der Waals surface area contributed by atoms with Gasteiger partial charge in [-0.05, 0) is 0 Å². The smallest absolute Gasteiger partial charge is 0.183 e. The third kappa shape index (κ3) is 2.92. The number of nitrogens with zero attached hydrogens (tertiary/aromatic N) is 1. The van der Waals surface area contributed by atoms with Crippen LogP contribution < -0.4 is 10.6 Å². The summed E-state index contributed by atoms with van der Waals surface area (Å²) in [4.78, 5) is 14.2. The van der Waals surface area contributed by atoms with Crippen molar-refractivity contribution in [2.75, 3.05) is 30.5 Å². The summed E-state index contributed by atoms with van der Waals surface area (Å²) >= 11 is 1.15. The lowest BCUT2D eigenvalue weighted by Gasteiger charge is -2.12. The van der Waals surface area contributed by atoms with Gasteiger partial charge in [0.25, 0.3) is 0 Å². The summed E-state index contributed by atoms with van der Waals surface area (Å²) in [6, 6.07) is 0. The molecule has 0 saturated heterocycles. The summed E-state index contributed by atoms with van der Waals surface area (Å²) in [5.41, 5.74) is 6.02. The number of Topliss-reactive ketones (excluding diaryl/α,β-unsaturated/α-hetero) is 1. The second-order valence-electron chi connectivity index (χ2n) is 4.80. The van der Waals surface area contributed by atoms with E-state index in [-0.39, 0.29) is 28.0 Å². The van der Waals surface area contributed by atoms with E-state index in [1.54, 1.807) is 39.8 Å². The molecule has 0 amide bonds. The standard InChI is InChI=1S/C12H20N2O3S2/c1-6-19(16,17)11-8(13)10(9(15)7(2)3)18-12(11)14(4)5/h7H,6,13H2,1-5H3. The number of sulfone groups is 1. The van der Waals surface area contributed by atoms with Crippen LogP contribution in [0.2, 0.25) is 0 Å². The Morgan fingerprint density at radius 2 is 1.89 bits per heavy atom. The highest BCUT2D eigenvalue weighted by Gasteiger charge is 2.30. The highest BCUT2D eigenvalue weighted by atomic mass is 32.2. The van der Waals surface area contributed by atoms with E-state index in [1.807, 2.05) is 0 Å². The SMILES string of the molecule is CCS(=O)(=O)c1c(N(C)C)sc(C(=O)C(C)C)c1N. The van der Waals surface area contributed by atoms with Crippen molar-refractivity contribution in [2.45, 2.75) is 25.7 Å². The van der Waals surface area contributed by atoms with Gasteiger partial charge in [-0.15, -0.1) is 11.3 Å². The van der Waals surface area contributed by atoms with Crippen LogP contribution in [0.3, 0.4) is 0 Å². The minimum absolute atomic E-state index is 0.0376. The van der Waals surface area contributed by atoms with E-state index < -0.39 is 9.84 Å². The molecule has 1 aromatic rings. The molecule has 0 atom stereocenters. The molecule has 0 aliphatic carbocycles. The summed E-state index contributed by atoms with van der Waals surface area (Å²) < 4.78 is 24.3. The van der Waals surface area contributed by atoms with Crippen LogP contribution in [0.4, 0.5) is 10.7 Å². The van der Waals surface area contributed by atoms with Gasteiger partial charge in [0.05, 0.1) is 16.3 Å². The Morgan fingerprint density at radius 1 is 1.37 bits per heavy atom. The third-order valence-electron chi connectivity index (χ3n) is 2.73. The van der Waals surface area contributed by atoms with E-state index in [0.717, 1.165) is 11.3 Å². The summed E-state index contributed by atoms with van der Waals surface area (Å²) in [5.74, 6) is -0.374. The van der Waals surface area contributed by atoms with Crippen LogP contribution in [-0.2, 0) is 9.84 Å². The van der Waals surface area contributed by atoms with Gasteiger partial charge in [0.15, 0.2) is 15.6 Å². The highest BCUT2D eigenvalue weighted by molar-refractivity contribution is 7.92. The van der Waals surface area contributed by atoms with Gasteiger partial charge in [-0.3, -0.25) is 4.79 Å². The fourth-order valence-corrected chi connectivity index (χ4v) is 4.47. The normalized spacial score (nSPS) is 11.9. The maximum absolute atomic E-state index is 12.1. The zero-order chi connectivity index (χ0) is 15.0. The predicted octanol–water partition coefficient (Wildman–Crippen LogP) is 2.03. The first-order valence-corrected chi connectivity index (χ1v) is 8.46. The molecule has 0 aromatic carbocycles. The molecule has 0 spiro atoms. The van der Waals surface area contributed by atoms with Crippen molar-refractivity contribution in [3.8, 4) is 0 Å². The maximum atomic E-state index is 12.1. The second-order valence-corrected chi connectivity index (χ2v) is 8.01. The van der Waals surface area contributed by atoms with Crippen LogP contribution in [0.1, 0.15) is 30.4 Å². The lowest BCUT2D eigenvalue weighted by atomic mass is 10.1. The Morgan fingerprint density at radius 3 is 2.26 bits per heavy atom. The molecule has 108 valence electrons. The molecule has 19 heavy (non-hydrogen) atoms. The summed E-state index contributed by atoms with van der Waals surface area (Å²) in [5, 5.41) is 0.517. The number of rotatable bonds is 5. The van der Waals surface area contributed by atoms with Gasteiger partial charge in [0.1, 0.15) is 9.90 Å². The van der Waals surface area contributed by atoms with E-state index >= 15 is 0 Å². The molecule has 1 heterocycles. The second kappa shape index (κ2) is 5.50. The number of thiophene rings is 1. The van der Waals surface area contributed by atoms with Gasteiger partial charge in [-0.25, -0.2) is 8.42 Å². The molecule has 1 rings (SSSR count). The van der Waals surface area contributed by atoms with E-state index in [9.17, 15) is 13.2 Å². The average molecular weight is 304 g/mol. The fourth-order valence-electron chi connectivity index (χ4n) is 1.60. The zero-order valence-electron chi connectivity index (χ0n) is 11.9. The molecule has 5 nitrogen and oxygen atoms in total. The van der Waals surface area contributed by atoms with Crippen molar-refractivity contribution in [3.63, 3.8) is 0 Å². The Balaban J connectivity index is 3.60. The first-order valence-electron chi connectivity index (χ1n) is 6.00. The van der Waals surface area contributed by atoms with Crippen molar-refractivity contribution < 1.29 is 13.2 Å². The van der Waals surface area contributed by atoms with Gasteiger partial charge >= 0.3 is 0 Å². The number of nitrogen functional groups attached to an aromatic ring is 1. The number of anilines is 2. The molecule has 2 N–H and O–H groups in total. The molecular formula is C12H20N2O3S2. The first kappa shape index (κ1) is 16.0. The predicted molar refractivity (Wildman–Crippen MR) is 80.0 cm³/mol. The van der Waals surface area contributed by atoms with E-state index in [1.165, 1.54) is 0 Å². The minimum atomic E-state index is -3.45. The summed E-state index contributed by atoms with van der Waals surface area (Å²) in [6.45, 7) is 5.10. The van der Waals surface area contributed by atoms with Gasteiger partial charge in [0, 0.05) is 20.0 Å². The van der Waals surface area contributed by atoms with Crippen molar-refractivity contribution in [2.24, 2.45) is 5.92 Å². The van der Waals surface area contributed by atoms with Crippen LogP contribution in [0, 0.1) is 5.92 Å². The molecule has 0 aliphatic heterocycles. The third-order valence-corrected chi connectivity index (χ3v) is 6.04. The Bertz CT molecular complexity index is 586. The van der Waals surface area contributed by atoms with E-state index in [4.69, 9.17) is 5.73 Å². The topological polar surface area (TPSA) is 80.5 Å². The lowest BCUT2D eigenvalue weighted by molar-refractivity contribution is 0.0944. The van der Waals surface area contributed by atoms with Crippen LogP contribution in [0.15, 0.2) is 4.90 Å². The van der Waals surface area contributed by atoms with Crippen LogP contribution in [0.5, 0.6) is 0 Å². The van der Waals surface area contributed by atoms with Crippen LogP contribution in [0.25, 0.3) is 0 Å². The number of carbonyl (C=O) groups excluding carboxylic acids is 1. The number of nitrogens with two attached hydrogens (primary N) is 1. The number of hydrogen-bond acceptors (Lipinski definition) is 6. The molecule has 0 aliphatic rings. The van der Waals surface area contributed by atoms with Gasteiger partial charge < -0.3 is 10.6 Å². The summed E-state index contributed by atoms with van der Waals surface area (Å²) in [7, 11) is 0.0279. The number of ketones is 1. The average Bonchev–Trinajstić information content (AvgIpc) is 2.66. The number of hydrogen-bond donors (Lipinski definition) is 1. The van der Waals surface area contributed by atoms with E-state index in [0.29, 0.717) is 9.88 Å². The monoisotopic (exact) mass is 304 g/mol. The fraction of sp³-hybridized carbons (Fsp3) is 0.583. The van der Waals surface area contributed by atoms with Crippen LogP contribution >= 0.6 is 11.3 Å². The minimum Gasteiger partial charge on any atom is -0.396 e. The quantitative estimate of drug-likeness (QED) is 0.842. The van der Waals surface area contributed by atoms with Gasteiger partial charge in [-0.1, -0.05) is 20.8 Å². The first-order chi connectivity index (χ1) is 8.63. The van der Waals surface area contributed by atoms with Crippen LogP contribution in [-0.4, -0.2) is 34.0 Å². The molecular weight excluding hydrogens is 284 g/mol. The Hall–Kier alpha value is -1.08. The highest BCUT2D eigenvalue weighted by Crippen LogP contribution is 2.42. The van der Waals surface area contributed by atoms with Gasteiger partial charge in [-0.2, -0.15) is 0 Å². The zero-order valence-corrected chi connectivity index (χ0v) is 13.5. The molecule has 7 heteroatoms. The van der Waals surface area contributed by atoms with Crippen molar-refractivity contribution >= 4 is 37.6 Å². The molecule has 0 unspecified atom stereocenters. The largest absolute Gasteiger partial charge is 0.396 e. The lowest BCUT2D eigenvalue weighted by Crippen LogP contribution is -2.14. The number of carbonyl (C=O) groups is 1. The Labute approximate surface area is 118 Å². The Kier molecular flexibility index (Phi) is 4.63. The van der Waals surface area contributed by atoms with Crippen molar-refractivity contribution in [1.29, 1.82) is 0 Å². The molecule has 0 radical (unpaired) electrons. The molecule has 1 aromatic heterocycles. The molecule has 0 bridgehead atoms. The maximum Gasteiger partial charge on any atom is 0.183 e. The van der Waals surface area contributed by atoms with Crippen molar-refractivity contribution in [3.05, 3.63) is 4.88 Å². The summed E-state index contributed by atoms with van der Waals surface area (Å²) in [6.07, 6.45) is 0. The van der Waals surface area contributed by atoms with Gasteiger partial charge in [0.2, 0.25) is 0 Å².